The zero-order valence-electron chi connectivity index (χ0n) is 17.5. The summed E-state index contributed by atoms with van der Waals surface area (Å²) >= 11 is 8.96. The summed E-state index contributed by atoms with van der Waals surface area (Å²) in [6, 6.07) is 14.2. The van der Waals surface area contributed by atoms with E-state index in [-0.39, 0.29) is 5.91 Å². The summed E-state index contributed by atoms with van der Waals surface area (Å²) in [5, 5.41) is 9.71. The third kappa shape index (κ3) is 6.10. The molecule has 0 bridgehead atoms. The second-order valence-electron chi connectivity index (χ2n) is 7.70. The summed E-state index contributed by atoms with van der Waals surface area (Å²) in [5.74, 6) is 1.35. The third-order valence-corrected chi connectivity index (χ3v) is 7.48. The van der Waals surface area contributed by atoms with E-state index >= 15 is 0 Å². The van der Waals surface area contributed by atoms with Crippen molar-refractivity contribution in [2.24, 2.45) is 0 Å². The van der Waals surface area contributed by atoms with Crippen LogP contribution in [0.2, 0.25) is 4.34 Å². The highest BCUT2D eigenvalue weighted by Crippen LogP contribution is 2.24. The number of hydrogen-bond acceptors (Lipinski definition) is 6. The van der Waals surface area contributed by atoms with Gasteiger partial charge in [-0.3, -0.25) is 9.69 Å². The van der Waals surface area contributed by atoms with Crippen LogP contribution in [0.25, 0.3) is 0 Å². The van der Waals surface area contributed by atoms with E-state index in [4.69, 9.17) is 11.6 Å². The molecule has 2 aromatic heterocycles. The molecule has 0 radical (unpaired) electrons. The summed E-state index contributed by atoms with van der Waals surface area (Å²) in [5.41, 5.74) is 1.20. The molecule has 3 aromatic rings. The van der Waals surface area contributed by atoms with Crippen LogP contribution in [0.4, 0.5) is 0 Å². The van der Waals surface area contributed by atoms with Crippen molar-refractivity contribution in [1.29, 1.82) is 0 Å². The van der Waals surface area contributed by atoms with Gasteiger partial charge in [0.05, 0.1) is 29.7 Å². The van der Waals surface area contributed by atoms with Gasteiger partial charge >= 0.3 is 0 Å². The van der Waals surface area contributed by atoms with E-state index in [1.807, 2.05) is 37.4 Å². The minimum atomic E-state index is 0.0601. The molecule has 0 atom stereocenters. The molecule has 164 valence electrons. The predicted octanol–water partition coefficient (Wildman–Crippen LogP) is 4.39. The van der Waals surface area contributed by atoms with E-state index in [0.717, 1.165) is 39.8 Å². The Morgan fingerprint density at radius 2 is 1.90 bits per heavy atom. The molecule has 0 unspecified atom stereocenters. The van der Waals surface area contributed by atoms with Crippen LogP contribution in [-0.4, -0.2) is 56.4 Å². The van der Waals surface area contributed by atoms with Gasteiger partial charge in [0, 0.05) is 11.9 Å². The van der Waals surface area contributed by atoms with E-state index in [1.165, 1.54) is 41.5 Å². The van der Waals surface area contributed by atoms with Crippen molar-refractivity contribution in [3.8, 4) is 0 Å². The number of thiophene rings is 1. The number of carbonyl (C=O) groups is 1. The van der Waals surface area contributed by atoms with Crippen molar-refractivity contribution in [2.45, 2.75) is 37.6 Å². The molecule has 0 aliphatic carbocycles. The largest absolute Gasteiger partial charge is 0.340 e. The van der Waals surface area contributed by atoms with E-state index < -0.39 is 0 Å². The van der Waals surface area contributed by atoms with Crippen molar-refractivity contribution in [3.63, 3.8) is 0 Å². The lowest BCUT2D eigenvalue weighted by molar-refractivity contribution is -0.127. The van der Waals surface area contributed by atoms with E-state index in [1.54, 1.807) is 4.90 Å². The first kappa shape index (κ1) is 22.3. The molecule has 0 N–H and O–H groups in total. The summed E-state index contributed by atoms with van der Waals surface area (Å²) in [6.45, 7) is 4.28. The fourth-order valence-electron chi connectivity index (χ4n) is 3.60. The highest BCUT2D eigenvalue weighted by atomic mass is 35.5. The molecule has 1 amide bonds. The second kappa shape index (κ2) is 10.6. The quantitative estimate of drug-likeness (QED) is 0.430. The van der Waals surface area contributed by atoms with Gasteiger partial charge in [-0.05, 0) is 43.6 Å². The van der Waals surface area contributed by atoms with E-state index in [2.05, 4.69) is 31.8 Å². The fourth-order valence-corrected chi connectivity index (χ4v) is 5.64. The molecule has 1 saturated heterocycles. The van der Waals surface area contributed by atoms with Crippen molar-refractivity contribution in [2.75, 3.05) is 25.9 Å². The van der Waals surface area contributed by atoms with Gasteiger partial charge in [-0.15, -0.1) is 21.5 Å². The van der Waals surface area contributed by atoms with Crippen LogP contribution in [0.1, 0.15) is 29.1 Å². The van der Waals surface area contributed by atoms with Crippen molar-refractivity contribution < 1.29 is 4.79 Å². The Morgan fingerprint density at radius 1 is 1.13 bits per heavy atom. The number of thioether (sulfide) groups is 1. The number of hydrogen-bond donors (Lipinski definition) is 0. The smallest absolute Gasteiger partial charge is 0.233 e. The molecule has 31 heavy (non-hydrogen) atoms. The Balaban J connectivity index is 1.43. The van der Waals surface area contributed by atoms with Gasteiger partial charge in [-0.2, -0.15) is 0 Å². The molecule has 0 spiro atoms. The van der Waals surface area contributed by atoms with Crippen LogP contribution in [0, 0.1) is 0 Å². The van der Waals surface area contributed by atoms with E-state index in [0.29, 0.717) is 18.8 Å². The molecule has 4 rings (SSSR count). The molecule has 1 aliphatic rings. The number of halogens is 1. The van der Waals surface area contributed by atoms with Crippen LogP contribution in [0.15, 0.2) is 47.6 Å². The normalized spacial score (nSPS) is 14.3. The molecule has 9 heteroatoms. The van der Waals surface area contributed by atoms with Gasteiger partial charge in [-0.1, -0.05) is 53.7 Å². The number of likely N-dealkylation sites (tertiary alicyclic amines) is 1. The SMILES string of the molecule is CN(Cc1ccc(Cl)s1)C(=O)CSc1nnc(CN2CCCC2)n1Cc1ccccc1. The first-order chi connectivity index (χ1) is 15.1. The molecule has 1 aromatic carbocycles. The van der Waals surface area contributed by atoms with Crippen LogP contribution in [0.5, 0.6) is 0 Å². The summed E-state index contributed by atoms with van der Waals surface area (Å²) in [6.07, 6.45) is 2.48. The summed E-state index contributed by atoms with van der Waals surface area (Å²) in [4.78, 5) is 17.9. The third-order valence-electron chi connectivity index (χ3n) is 5.31. The van der Waals surface area contributed by atoms with Crippen LogP contribution >= 0.6 is 34.7 Å². The lowest BCUT2D eigenvalue weighted by Gasteiger charge is -2.17. The standard InChI is InChI=1S/C22H26ClN5OS2/c1-26(14-18-9-10-19(23)31-18)21(29)16-30-22-25-24-20(15-27-11-5-6-12-27)28(22)13-17-7-3-2-4-8-17/h2-4,7-10H,5-6,11-16H2,1H3. The lowest BCUT2D eigenvalue weighted by Crippen LogP contribution is -2.27. The topological polar surface area (TPSA) is 54.3 Å². The zero-order valence-corrected chi connectivity index (χ0v) is 19.9. The zero-order chi connectivity index (χ0) is 21.6. The predicted molar refractivity (Wildman–Crippen MR) is 127 cm³/mol. The van der Waals surface area contributed by atoms with Crippen molar-refractivity contribution in [3.05, 3.63) is 63.1 Å². The minimum absolute atomic E-state index is 0.0601. The molecule has 1 aliphatic heterocycles. The highest BCUT2D eigenvalue weighted by Gasteiger charge is 2.20. The van der Waals surface area contributed by atoms with E-state index in [9.17, 15) is 4.79 Å². The average Bonchev–Trinajstić information content (AvgIpc) is 3.51. The Kier molecular flexibility index (Phi) is 7.66. The number of nitrogens with zero attached hydrogens (tertiary/aromatic N) is 5. The van der Waals surface area contributed by atoms with Crippen LogP contribution in [-0.2, 0) is 24.4 Å². The molecular weight excluding hydrogens is 450 g/mol. The number of benzene rings is 1. The van der Waals surface area contributed by atoms with Gasteiger partial charge in [-0.25, -0.2) is 0 Å². The summed E-state index contributed by atoms with van der Waals surface area (Å²) < 4.78 is 2.90. The Morgan fingerprint density at radius 3 is 2.61 bits per heavy atom. The lowest BCUT2D eigenvalue weighted by atomic mass is 10.2. The average molecular weight is 476 g/mol. The van der Waals surface area contributed by atoms with Gasteiger partial charge < -0.3 is 9.47 Å². The minimum Gasteiger partial charge on any atom is -0.340 e. The van der Waals surface area contributed by atoms with Crippen molar-refractivity contribution >= 4 is 40.6 Å². The first-order valence-corrected chi connectivity index (χ1v) is 12.6. The Hall–Kier alpha value is -1.87. The number of rotatable bonds is 9. The Labute approximate surface area is 196 Å². The van der Waals surface area contributed by atoms with Gasteiger partial charge in [0.1, 0.15) is 5.82 Å². The second-order valence-corrected chi connectivity index (χ2v) is 10.4. The highest BCUT2D eigenvalue weighted by molar-refractivity contribution is 7.99. The molecule has 0 saturated carbocycles. The van der Waals surface area contributed by atoms with Gasteiger partial charge in [0.15, 0.2) is 5.16 Å². The molecule has 1 fully saturated rings. The maximum absolute atomic E-state index is 12.7. The van der Waals surface area contributed by atoms with Gasteiger partial charge in [0.2, 0.25) is 5.91 Å². The number of amides is 1. The van der Waals surface area contributed by atoms with Crippen LogP contribution in [0.3, 0.4) is 0 Å². The number of aromatic nitrogens is 3. The van der Waals surface area contributed by atoms with Gasteiger partial charge in [0.25, 0.3) is 0 Å². The molecule has 6 nitrogen and oxygen atoms in total. The maximum atomic E-state index is 12.7. The molecule has 3 heterocycles. The monoisotopic (exact) mass is 475 g/mol. The first-order valence-electron chi connectivity index (χ1n) is 10.4. The van der Waals surface area contributed by atoms with Crippen LogP contribution < -0.4 is 0 Å². The Bertz CT molecular complexity index is 1000. The summed E-state index contributed by atoms with van der Waals surface area (Å²) in [7, 11) is 1.82. The van der Waals surface area contributed by atoms with Crippen molar-refractivity contribution in [1.82, 2.24) is 24.6 Å². The maximum Gasteiger partial charge on any atom is 0.233 e. The number of carbonyl (C=O) groups excluding carboxylic acids is 1. The molecular formula is C22H26ClN5OS2. The fraction of sp³-hybridized carbons (Fsp3) is 0.409.